The Morgan fingerprint density at radius 2 is 1.48 bits per heavy atom. The van der Waals surface area contributed by atoms with Crippen LogP contribution in [0.2, 0.25) is 0 Å². The third kappa shape index (κ3) is 3.66. The molecular weight excluding hydrogens is 358 g/mol. The summed E-state index contributed by atoms with van der Waals surface area (Å²) in [5.41, 5.74) is 4.14. The fraction of sp³-hybridized carbons (Fsp3) is 0.200. The number of imidazole rings is 1. The summed E-state index contributed by atoms with van der Waals surface area (Å²) in [6.45, 7) is 0.280. The van der Waals surface area contributed by atoms with E-state index in [4.69, 9.17) is 4.98 Å². The molecule has 29 heavy (non-hydrogen) atoms. The number of carbonyl (C=O) groups excluding carboxylic acids is 1. The first-order valence-electron chi connectivity index (χ1n) is 10.1. The molecule has 1 aliphatic rings. The minimum atomic E-state index is -0.177. The topological polar surface area (TPSA) is 46.9 Å². The molecule has 144 valence electrons. The Morgan fingerprint density at radius 3 is 2.10 bits per heavy atom. The minimum Gasteiger partial charge on any atom is -0.344 e. The Bertz CT molecular complexity index is 1090. The van der Waals surface area contributed by atoms with Crippen LogP contribution in [-0.2, 0) is 11.3 Å². The summed E-state index contributed by atoms with van der Waals surface area (Å²) in [5, 5.41) is 3.25. The van der Waals surface area contributed by atoms with Gasteiger partial charge in [-0.2, -0.15) is 0 Å². The second-order valence-electron chi connectivity index (χ2n) is 7.64. The van der Waals surface area contributed by atoms with Crippen molar-refractivity contribution in [3.63, 3.8) is 0 Å². The van der Waals surface area contributed by atoms with Crippen LogP contribution < -0.4 is 5.32 Å². The molecule has 1 aliphatic carbocycles. The molecule has 5 rings (SSSR count). The van der Waals surface area contributed by atoms with Gasteiger partial charge in [0.15, 0.2) is 0 Å². The van der Waals surface area contributed by atoms with Crippen molar-refractivity contribution in [2.45, 2.75) is 31.3 Å². The molecule has 0 atom stereocenters. The average Bonchev–Trinajstić information content (AvgIpc) is 3.56. The number of nitrogens with zero attached hydrogens (tertiary/aromatic N) is 2. The van der Waals surface area contributed by atoms with E-state index in [9.17, 15) is 4.79 Å². The first-order valence-corrected chi connectivity index (χ1v) is 10.1. The fourth-order valence-electron chi connectivity index (χ4n) is 3.91. The fourth-order valence-corrected chi connectivity index (χ4v) is 3.91. The summed E-state index contributed by atoms with van der Waals surface area (Å²) in [6.07, 6.45) is 2.31. The molecule has 1 saturated carbocycles. The number of para-hydroxylation sites is 2. The zero-order valence-electron chi connectivity index (χ0n) is 16.2. The van der Waals surface area contributed by atoms with Crippen LogP contribution >= 0.6 is 0 Å². The van der Waals surface area contributed by atoms with Crippen molar-refractivity contribution in [1.29, 1.82) is 0 Å². The van der Waals surface area contributed by atoms with E-state index in [0.717, 1.165) is 40.8 Å². The van der Waals surface area contributed by atoms with Gasteiger partial charge < -0.3 is 9.88 Å². The highest BCUT2D eigenvalue weighted by molar-refractivity contribution is 5.81. The van der Waals surface area contributed by atoms with Crippen LogP contribution in [0.25, 0.3) is 11.0 Å². The summed E-state index contributed by atoms with van der Waals surface area (Å²) in [5.74, 6) is 1.51. The van der Waals surface area contributed by atoms with Crippen LogP contribution in [0.3, 0.4) is 0 Å². The number of hydrogen-bond acceptors (Lipinski definition) is 2. The number of aromatic nitrogens is 2. The number of benzene rings is 3. The largest absolute Gasteiger partial charge is 0.344 e. The number of nitrogens with one attached hydrogen (secondary N) is 1. The lowest BCUT2D eigenvalue weighted by Gasteiger charge is -2.20. The van der Waals surface area contributed by atoms with E-state index in [0.29, 0.717) is 5.92 Å². The van der Waals surface area contributed by atoms with Crippen LogP contribution in [-0.4, -0.2) is 15.5 Å². The van der Waals surface area contributed by atoms with E-state index < -0.39 is 0 Å². The average molecular weight is 381 g/mol. The second kappa shape index (κ2) is 7.55. The molecule has 1 N–H and O–H groups in total. The van der Waals surface area contributed by atoms with Gasteiger partial charge in [-0.1, -0.05) is 72.8 Å². The molecular formula is C25H23N3O. The number of rotatable bonds is 6. The number of fused-ring (bicyclic) bond motifs is 1. The molecule has 3 aromatic carbocycles. The van der Waals surface area contributed by atoms with Crippen molar-refractivity contribution in [1.82, 2.24) is 14.9 Å². The molecule has 1 amide bonds. The Kier molecular flexibility index (Phi) is 4.60. The number of carbonyl (C=O) groups is 1. The molecule has 0 unspecified atom stereocenters. The van der Waals surface area contributed by atoms with Crippen molar-refractivity contribution >= 4 is 16.9 Å². The summed E-state index contributed by atoms with van der Waals surface area (Å²) in [6, 6.07) is 28.1. The van der Waals surface area contributed by atoms with Gasteiger partial charge in [0.25, 0.3) is 0 Å². The van der Waals surface area contributed by atoms with Crippen molar-refractivity contribution in [3.8, 4) is 0 Å². The SMILES string of the molecule is O=C(Cn1c(C2CC2)nc2ccccc21)NC(c1ccccc1)c1ccccc1. The third-order valence-corrected chi connectivity index (χ3v) is 5.50. The molecule has 1 heterocycles. The van der Waals surface area contributed by atoms with E-state index in [1.165, 1.54) is 0 Å². The van der Waals surface area contributed by atoms with Gasteiger partial charge in [0.05, 0.1) is 17.1 Å². The molecule has 4 aromatic rings. The molecule has 1 aromatic heterocycles. The van der Waals surface area contributed by atoms with E-state index in [-0.39, 0.29) is 18.5 Å². The van der Waals surface area contributed by atoms with E-state index in [1.54, 1.807) is 0 Å². The van der Waals surface area contributed by atoms with Gasteiger partial charge in [-0.25, -0.2) is 4.98 Å². The second-order valence-corrected chi connectivity index (χ2v) is 7.64. The zero-order chi connectivity index (χ0) is 19.6. The molecule has 0 bridgehead atoms. The van der Waals surface area contributed by atoms with E-state index in [2.05, 4.69) is 34.1 Å². The van der Waals surface area contributed by atoms with Crippen LogP contribution in [0.4, 0.5) is 0 Å². The predicted molar refractivity (Wildman–Crippen MR) is 115 cm³/mol. The van der Waals surface area contributed by atoms with Gasteiger partial charge in [-0.15, -0.1) is 0 Å². The Morgan fingerprint density at radius 1 is 0.897 bits per heavy atom. The molecule has 0 radical (unpaired) electrons. The van der Waals surface area contributed by atoms with E-state index >= 15 is 0 Å². The number of amides is 1. The van der Waals surface area contributed by atoms with Crippen LogP contribution in [0.1, 0.15) is 41.8 Å². The van der Waals surface area contributed by atoms with Crippen molar-refractivity contribution in [2.75, 3.05) is 0 Å². The van der Waals surface area contributed by atoms with Crippen LogP contribution in [0, 0.1) is 0 Å². The monoisotopic (exact) mass is 381 g/mol. The lowest BCUT2D eigenvalue weighted by molar-refractivity contribution is -0.122. The molecule has 1 fully saturated rings. The summed E-state index contributed by atoms with van der Waals surface area (Å²) in [7, 11) is 0. The molecule has 4 nitrogen and oxygen atoms in total. The van der Waals surface area contributed by atoms with Crippen molar-refractivity contribution < 1.29 is 4.79 Å². The highest BCUT2D eigenvalue weighted by Gasteiger charge is 2.30. The summed E-state index contributed by atoms with van der Waals surface area (Å²) in [4.78, 5) is 18.0. The van der Waals surface area contributed by atoms with Crippen LogP contribution in [0.5, 0.6) is 0 Å². The first kappa shape index (κ1) is 17.7. The van der Waals surface area contributed by atoms with Gasteiger partial charge in [0, 0.05) is 5.92 Å². The Balaban J connectivity index is 1.45. The maximum atomic E-state index is 13.1. The molecule has 4 heteroatoms. The zero-order valence-corrected chi connectivity index (χ0v) is 16.2. The minimum absolute atomic E-state index is 0.00670. The van der Waals surface area contributed by atoms with Gasteiger partial charge in [-0.3, -0.25) is 4.79 Å². The highest BCUT2D eigenvalue weighted by Crippen LogP contribution is 2.40. The quantitative estimate of drug-likeness (QED) is 0.520. The molecule has 0 spiro atoms. The Labute approximate surface area is 170 Å². The number of hydrogen-bond donors (Lipinski definition) is 1. The van der Waals surface area contributed by atoms with Gasteiger partial charge in [-0.05, 0) is 36.1 Å². The molecule has 0 aliphatic heterocycles. The lowest BCUT2D eigenvalue weighted by atomic mass is 9.99. The van der Waals surface area contributed by atoms with Gasteiger partial charge in [0.1, 0.15) is 12.4 Å². The summed E-state index contributed by atoms with van der Waals surface area (Å²) < 4.78 is 2.09. The maximum Gasteiger partial charge on any atom is 0.240 e. The highest BCUT2D eigenvalue weighted by atomic mass is 16.2. The van der Waals surface area contributed by atoms with Gasteiger partial charge >= 0.3 is 0 Å². The third-order valence-electron chi connectivity index (χ3n) is 5.50. The van der Waals surface area contributed by atoms with Crippen LogP contribution in [0.15, 0.2) is 84.9 Å². The summed E-state index contributed by atoms with van der Waals surface area (Å²) >= 11 is 0. The predicted octanol–water partition coefficient (Wildman–Crippen LogP) is 4.82. The standard InChI is InChI=1S/C25H23N3O/c29-23(17-28-22-14-8-7-13-21(22)26-25(28)20-15-16-20)27-24(18-9-3-1-4-10-18)19-11-5-2-6-12-19/h1-14,20,24H,15-17H2,(H,27,29). The maximum absolute atomic E-state index is 13.1. The molecule has 0 saturated heterocycles. The normalized spacial score (nSPS) is 13.7. The smallest absolute Gasteiger partial charge is 0.240 e. The van der Waals surface area contributed by atoms with E-state index in [1.807, 2.05) is 60.7 Å². The van der Waals surface area contributed by atoms with Crippen molar-refractivity contribution in [3.05, 3.63) is 102 Å². The lowest BCUT2D eigenvalue weighted by Crippen LogP contribution is -2.32. The van der Waals surface area contributed by atoms with Gasteiger partial charge in [0.2, 0.25) is 5.91 Å². The first-order chi connectivity index (χ1) is 14.3. The van der Waals surface area contributed by atoms with Crippen molar-refractivity contribution in [2.24, 2.45) is 0 Å². The Hall–Kier alpha value is -3.40.